The van der Waals surface area contributed by atoms with Crippen molar-refractivity contribution in [3.63, 3.8) is 0 Å². The van der Waals surface area contributed by atoms with Gasteiger partial charge in [0, 0.05) is 19.6 Å². The number of nitrogens with zero attached hydrogens (tertiary/aromatic N) is 2. The molecule has 0 amide bonds. The fourth-order valence-corrected chi connectivity index (χ4v) is 5.69. The number of rotatable bonds is 4. The van der Waals surface area contributed by atoms with Crippen molar-refractivity contribution < 1.29 is 0 Å². The molecule has 0 unspecified atom stereocenters. The van der Waals surface area contributed by atoms with E-state index in [0.29, 0.717) is 11.1 Å². The molecule has 0 bridgehead atoms. The van der Waals surface area contributed by atoms with E-state index in [1.165, 1.54) is 23.5 Å². The van der Waals surface area contributed by atoms with Crippen molar-refractivity contribution in [2.45, 2.75) is 19.6 Å². The van der Waals surface area contributed by atoms with E-state index in [0.717, 1.165) is 19.6 Å². The summed E-state index contributed by atoms with van der Waals surface area (Å²) in [6, 6.07) is 4.38. The second kappa shape index (κ2) is 7.25. The van der Waals surface area contributed by atoms with Crippen molar-refractivity contribution in [2.75, 3.05) is 25.0 Å². The third-order valence-electron chi connectivity index (χ3n) is 2.36. The Bertz CT molecular complexity index is 492. The Labute approximate surface area is 125 Å². The van der Waals surface area contributed by atoms with Crippen molar-refractivity contribution in [1.82, 2.24) is 0 Å². The lowest BCUT2D eigenvalue weighted by molar-refractivity contribution is 1.01. The molecule has 0 heterocycles. The van der Waals surface area contributed by atoms with E-state index in [1.807, 2.05) is 25.0 Å². The molecular formula is C12H12N2S4. The predicted octanol–water partition coefficient (Wildman–Crippen LogP) is 4.32. The Morgan fingerprint density at radius 3 is 1.06 bits per heavy atom. The van der Waals surface area contributed by atoms with Gasteiger partial charge in [-0.3, -0.25) is 0 Å². The highest BCUT2D eigenvalue weighted by Crippen LogP contribution is 2.45. The van der Waals surface area contributed by atoms with E-state index in [1.54, 1.807) is 23.5 Å². The maximum atomic E-state index is 9.33. The molecule has 0 aromatic heterocycles. The van der Waals surface area contributed by atoms with E-state index in [4.69, 9.17) is 0 Å². The minimum absolute atomic E-state index is 0.511. The molecule has 94 valence electrons. The maximum absolute atomic E-state index is 9.33. The monoisotopic (exact) mass is 312 g/mol. The predicted molar refractivity (Wildman–Crippen MR) is 83.0 cm³/mol. The molecule has 0 aliphatic carbocycles. The van der Waals surface area contributed by atoms with Crippen molar-refractivity contribution in [2.24, 2.45) is 0 Å². The zero-order chi connectivity index (χ0) is 13.7. The summed E-state index contributed by atoms with van der Waals surface area (Å²) < 4.78 is 0. The molecular weight excluding hydrogens is 300 g/mol. The SMILES string of the molecule is CSc1c(C#N)c(C#N)c(SC)c(SC)c1SC. The number of nitriles is 2. The first kappa shape index (κ1) is 15.7. The number of hydrogen-bond donors (Lipinski definition) is 0. The second-order valence-corrected chi connectivity index (χ2v) is 6.37. The fourth-order valence-electron chi connectivity index (χ4n) is 1.63. The summed E-state index contributed by atoms with van der Waals surface area (Å²) in [5.74, 6) is 0. The average molecular weight is 313 g/mol. The van der Waals surface area contributed by atoms with Gasteiger partial charge in [0.15, 0.2) is 0 Å². The average Bonchev–Trinajstić information content (AvgIpc) is 2.43. The first-order chi connectivity index (χ1) is 8.69. The maximum Gasteiger partial charge on any atom is 0.102 e. The van der Waals surface area contributed by atoms with Crippen LogP contribution in [0.1, 0.15) is 11.1 Å². The quantitative estimate of drug-likeness (QED) is 0.772. The van der Waals surface area contributed by atoms with Crippen LogP contribution in [0.2, 0.25) is 0 Å². The van der Waals surface area contributed by atoms with Crippen LogP contribution in [0.5, 0.6) is 0 Å². The molecule has 6 heteroatoms. The molecule has 2 nitrogen and oxygen atoms in total. The summed E-state index contributed by atoms with van der Waals surface area (Å²) in [5.41, 5.74) is 1.02. The van der Waals surface area contributed by atoms with Crippen molar-refractivity contribution in [1.29, 1.82) is 10.5 Å². The van der Waals surface area contributed by atoms with Crippen LogP contribution in [-0.2, 0) is 0 Å². The molecule has 1 aromatic carbocycles. The second-order valence-electron chi connectivity index (χ2n) is 3.11. The largest absolute Gasteiger partial charge is 0.192 e. The molecule has 0 saturated heterocycles. The Morgan fingerprint density at radius 1 is 0.611 bits per heavy atom. The van der Waals surface area contributed by atoms with Crippen LogP contribution < -0.4 is 0 Å². The van der Waals surface area contributed by atoms with Gasteiger partial charge in [0.05, 0.1) is 11.1 Å². The van der Waals surface area contributed by atoms with Gasteiger partial charge in [-0.05, 0) is 25.0 Å². The van der Waals surface area contributed by atoms with Crippen LogP contribution >= 0.6 is 47.0 Å². The summed E-state index contributed by atoms with van der Waals surface area (Å²) in [7, 11) is 0. The standard InChI is InChI=1S/C12H12N2S4/c1-15-9-7(5-13)8(6-14)10(16-2)12(18-4)11(9)17-3/h1-4H3. The van der Waals surface area contributed by atoms with Crippen LogP contribution in [-0.4, -0.2) is 25.0 Å². The zero-order valence-electron chi connectivity index (χ0n) is 10.5. The highest BCUT2D eigenvalue weighted by atomic mass is 32.2. The summed E-state index contributed by atoms with van der Waals surface area (Å²) in [6.45, 7) is 0. The highest BCUT2D eigenvalue weighted by Gasteiger charge is 2.22. The molecule has 0 aliphatic heterocycles. The van der Waals surface area contributed by atoms with E-state index < -0.39 is 0 Å². The van der Waals surface area contributed by atoms with Gasteiger partial charge in [0.2, 0.25) is 0 Å². The molecule has 0 radical (unpaired) electrons. The molecule has 0 atom stereocenters. The summed E-state index contributed by atoms with van der Waals surface area (Å²) in [4.78, 5) is 4.05. The third-order valence-corrected chi connectivity index (χ3v) is 6.02. The van der Waals surface area contributed by atoms with E-state index in [2.05, 4.69) is 12.1 Å². The van der Waals surface area contributed by atoms with Gasteiger partial charge in [-0.1, -0.05) is 0 Å². The topological polar surface area (TPSA) is 47.6 Å². The van der Waals surface area contributed by atoms with Gasteiger partial charge in [-0.2, -0.15) is 10.5 Å². The molecule has 1 aromatic rings. The summed E-state index contributed by atoms with van der Waals surface area (Å²) >= 11 is 6.33. The Morgan fingerprint density at radius 2 is 0.889 bits per heavy atom. The summed E-state index contributed by atoms with van der Waals surface area (Å²) in [6.07, 6.45) is 7.90. The van der Waals surface area contributed by atoms with Crippen LogP contribution in [0.4, 0.5) is 0 Å². The van der Waals surface area contributed by atoms with Crippen LogP contribution in [0.25, 0.3) is 0 Å². The zero-order valence-corrected chi connectivity index (χ0v) is 13.8. The van der Waals surface area contributed by atoms with Gasteiger partial charge in [-0.15, -0.1) is 47.0 Å². The molecule has 0 aliphatic rings. The molecule has 0 spiro atoms. The number of benzene rings is 1. The Kier molecular flexibility index (Phi) is 6.31. The molecule has 18 heavy (non-hydrogen) atoms. The summed E-state index contributed by atoms with van der Waals surface area (Å²) in [5, 5.41) is 18.7. The molecule has 0 fully saturated rings. The number of thioether (sulfide) groups is 4. The lowest BCUT2D eigenvalue weighted by atomic mass is 10.1. The smallest absolute Gasteiger partial charge is 0.102 e. The molecule has 1 rings (SSSR count). The first-order valence-electron chi connectivity index (χ1n) is 4.90. The van der Waals surface area contributed by atoms with Gasteiger partial charge >= 0.3 is 0 Å². The van der Waals surface area contributed by atoms with Gasteiger partial charge in [0.25, 0.3) is 0 Å². The van der Waals surface area contributed by atoms with Crippen molar-refractivity contribution >= 4 is 47.0 Å². The first-order valence-corrected chi connectivity index (χ1v) is 9.80. The number of hydrogen-bond acceptors (Lipinski definition) is 6. The van der Waals surface area contributed by atoms with E-state index in [9.17, 15) is 10.5 Å². The van der Waals surface area contributed by atoms with Crippen molar-refractivity contribution in [3.8, 4) is 12.1 Å². The molecule has 0 N–H and O–H groups in total. The highest BCUT2D eigenvalue weighted by molar-refractivity contribution is 8.04. The van der Waals surface area contributed by atoms with Gasteiger partial charge in [0.1, 0.15) is 12.1 Å². The van der Waals surface area contributed by atoms with Crippen LogP contribution in [0.3, 0.4) is 0 Å². The van der Waals surface area contributed by atoms with Crippen LogP contribution in [0, 0.1) is 22.7 Å². The van der Waals surface area contributed by atoms with Gasteiger partial charge in [-0.25, -0.2) is 0 Å². The Balaban J connectivity index is 3.87. The van der Waals surface area contributed by atoms with E-state index >= 15 is 0 Å². The third kappa shape index (κ3) is 2.62. The fraction of sp³-hybridized carbons (Fsp3) is 0.333. The minimum Gasteiger partial charge on any atom is -0.192 e. The van der Waals surface area contributed by atoms with Crippen LogP contribution in [0.15, 0.2) is 19.6 Å². The molecule has 0 saturated carbocycles. The van der Waals surface area contributed by atoms with E-state index in [-0.39, 0.29) is 0 Å². The minimum atomic E-state index is 0.511. The van der Waals surface area contributed by atoms with Gasteiger partial charge < -0.3 is 0 Å². The van der Waals surface area contributed by atoms with Crippen molar-refractivity contribution in [3.05, 3.63) is 11.1 Å². The normalized spacial score (nSPS) is 9.89. The Hall–Kier alpha value is -0.400. The lowest BCUT2D eigenvalue weighted by Gasteiger charge is -2.17. The lowest BCUT2D eigenvalue weighted by Crippen LogP contribution is -1.97.